The van der Waals surface area contributed by atoms with Gasteiger partial charge in [-0.25, -0.2) is 0 Å². The Labute approximate surface area is 122 Å². The van der Waals surface area contributed by atoms with Crippen LogP contribution in [-0.2, 0) is 12.5 Å². The lowest BCUT2D eigenvalue weighted by Gasteiger charge is -2.34. The van der Waals surface area contributed by atoms with Crippen molar-refractivity contribution in [1.29, 1.82) is 0 Å². The molecule has 3 N–H and O–H groups in total. The first-order chi connectivity index (χ1) is 9.19. The lowest BCUT2D eigenvalue weighted by Crippen LogP contribution is -2.35. The molecule has 3 atom stereocenters. The molecule has 3 unspecified atom stereocenters. The predicted octanol–water partition coefficient (Wildman–Crippen LogP) is 2.52. The Kier molecular flexibility index (Phi) is 4.00. The Balaban J connectivity index is 2.40. The molecule has 0 amide bonds. The molecule has 1 heterocycles. The smallest absolute Gasteiger partial charge is 0.0891 e. The van der Waals surface area contributed by atoms with Crippen LogP contribution in [0.25, 0.3) is 0 Å². The van der Waals surface area contributed by atoms with Crippen LogP contribution in [0, 0.1) is 11.3 Å². The second-order valence-electron chi connectivity index (χ2n) is 7.67. The molecule has 0 aliphatic heterocycles. The zero-order chi connectivity index (χ0) is 15.1. The first kappa shape index (κ1) is 15.5. The summed E-state index contributed by atoms with van der Waals surface area (Å²) in [4.78, 5) is 0. The summed E-state index contributed by atoms with van der Waals surface area (Å²) in [7, 11) is 1.91. The van der Waals surface area contributed by atoms with Gasteiger partial charge in [0.2, 0.25) is 0 Å². The maximum absolute atomic E-state index is 11.0. The molecule has 20 heavy (non-hydrogen) atoms. The number of aromatic nitrogens is 2. The van der Waals surface area contributed by atoms with Gasteiger partial charge in [-0.3, -0.25) is 4.68 Å². The van der Waals surface area contributed by atoms with Crippen LogP contribution in [0.15, 0.2) is 6.20 Å². The average molecular weight is 279 g/mol. The van der Waals surface area contributed by atoms with Gasteiger partial charge in [-0.2, -0.15) is 5.10 Å². The van der Waals surface area contributed by atoms with Crippen molar-refractivity contribution in [3.8, 4) is 0 Å². The van der Waals surface area contributed by atoms with Crippen LogP contribution < -0.4 is 5.73 Å². The van der Waals surface area contributed by atoms with Gasteiger partial charge in [0, 0.05) is 36.2 Å². The average Bonchev–Trinajstić information content (AvgIpc) is 2.92. The predicted molar refractivity (Wildman–Crippen MR) is 81.4 cm³/mol. The second-order valence-corrected chi connectivity index (χ2v) is 7.67. The van der Waals surface area contributed by atoms with Crippen LogP contribution in [-0.4, -0.2) is 21.4 Å². The van der Waals surface area contributed by atoms with E-state index >= 15 is 0 Å². The van der Waals surface area contributed by atoms with Crippen LogP contribution in [0.5, 0.6) is 0 Å². The van der Waals surface area contributed by atoms with Gasteiger partial charge in [0.25, 0.3) is 0 Å². The van der Waals surface area contributed by atoms with Crippen LogP contribution in [0.4, 0.5) is 0 Å². The number of aliphatic hydroxyl groups is 1. The lowest BCUT2D eigenvalue weighted by atomic mass is 9.75. The summed E-state index contributed by atoms with van der Waals surface area (Å²) in [5.74, 6) is 0.642. The molecule has 0 saturated heterocycles. The first-order valence-electron chi connectivity index (χ1n) is 7.62. The highest BCUT2D eigenvalue weighted by atomic mass is 16.3. The Morgan fingerprint density at radius 3 is 2.65 bits per heavy atom. The minimum Gasteiger partial charge on any atom is -0.388 e. The minimum absolute atomic E-state index is 0.0718. The van der Waals surface area contributed by atoms with E-state index in [1.165, 1.54) is 0 Å². The van der Waals surface area contributed by atoms with Crippen molar-refractivity contribution in [2.45, 2.75) is 58.5 Å². The highest BCUT2D eigenvalue weighted by Gasteiger charge is 2.44. The van der Waals surface area contributed by atoms with E-state index in [1.54, 1.807) is 0 Å². The summed E-state index contributed by atoms with van der Waals surface area (Å²) in [5.41, 5.74) is 7.74. The Morgan fingerprint density at radius 1 is 1.55 bits per heavy atom. The summed E-state index contributed by atoms with van der Waals surface area (Å²) in [6.07, 6.45) is 4.61. The molecule has 4 heteroatoms. The monoisotopic (exact) mass is 279 g/mol. The molecule has 0 spiro atoms. The number of hydrogen-bond acceptors (Lipinski definition) is 3. The zero-order valence-electron chi connectivity index (χ0n) is 13.5. The van der Waals surface area contributed by atoms with Crippen molar-refractivity contribution in [3.63, 3.8) is 0 Å². The van der Waals surface area contributed by atoms with Gasteiger partial charge < -0.3 is 10.8 Å². The van der Waals surface area contributed by atoms with Crippen molar-refractivity contribution < 1.29 is 5.11 Å². The van der Waals surface area contributed by atoms with Gasteiger partial charge in [0.15, 0.2) is 0 Å². The molecule has 2 rings (SSSR count). The van der Waals surface area contributed by atoms with Crippen molar-refractivity contribution in [2.24, 2.45) is 24.1 Å². The summed E-state index contributed by atoms with van der Waals surface area (Å²) >= 11 is 0. The van der Waals surface area contributed by atoms with E-state index in [1.807, 2.05) is 17.9 Å². The van der Waals surface area contributed by atoms with Crippen molar-refractivity contribution >= 4 is 0 Å². The lowest BCUT2D eigenvalue weighted by molar-refractivity contribution is 0.0294. The third-order valence-corrected chi connectivity index (χ3v) is 4.74. The SMILES string of the molecule is CC1CCC(CN)(C(O)c2cn(C)nc2C(C)(C)C)C1. The van der Waals surface area contributed by atoms with Gasteiger partial charge in [-0.1, -0.05) is 34.1 Å². The van der Waals surface area contributed by atoms with Crippen molar-refractivity contribution in [2.75, 3.05) is 6.54 Å². The number of rotatable bonds is 3. The third-order valence-electron chi connectivity index (χ3n) is 4.74. The fourth-order valence-corrected chi connectivity index (χ4v) is 3.60. The maximum atomic E-state index is 11.0. The van der Waals surface area contributed by atoms with E-state index in [0.29, 0.717) is 12.5 Å². The normalized spacial score (nSPS) is 28.9. The molecular weight excluding hydrogens is 250 g/mol. The molecule has 1 aromatic heterocycles. The number of aryl methyl sites for hydroxylation is 1. The van der Waals surface area contributed by atoms with Crippen molar-refractivity contribution in [1.82, 2.24) is 9.78 Å². The maximum Gasteiger partial charge on any atom is 0.0891 e. The van der Waals surface area contributed by atoms with E-state index < -0.39 is 6.10 Å². The summed E-state index contributed by atoms with van der Waals surface area (Å²) in [6, 6.07) is 0. The molecule has 0 radical (unpaired) electrons. The van der Waals surface area contributed by atoms with Gasteiger partial charge in [-0.05, 0) is 18.8 Å². The fourth-order valence-electron chi connectivity index (χ4n) is 3.60. The molecule has 1 fully saturated rings. The zero-order valence-corrected chi connectivity index (χ0v) is 13.5. The van der Waals surface area contributed by atoms with Gasteiger partial charge in [0.1, 0.15) is 0 Å². The standard InChI is InChI=1S/C16H29N3O/c1-11-6-7-16(8-11,10-17)14(20)12-9-19(5)18-13(12)15(2,3)4/h9,11,14,20H,6-8,10,17H2,1-5H3. The van der Waals surface area contributed by atoms with Gasteiger partial charge >= 0.3 is 0 Å². The number of aliphatic hydroxyl groups excluding tert-OH is 1. The summed E-state index contributed by atoms with van der Waals surface area (Å²) < 4.78 is 1.81. The minimum atomic E-state index is -0.514. The number of hydrogen-bond donors (Lipinski definition) is 2. The molecule has 1 aromatic rings. The van der Waals surface area contributed by atoms with Crippen LogP contribution in [0.2, 0.25) is 0 Å². The van der Waals surface area contributed by atoms with Gasteiger partial charge in [0.05, 0.1) is 11.8 Å². The van der Waals surface area contributed by atoms with E-state index in [4.69, 9.17) is 5.73 Å². The molecule has 1 aliphatic rings. The van der Waals surface area contributed by atoms with Crippen LogP contribution in [0.3, 0.4) is 0 Å². The molecule has 0 aromatic carbocycles. The Morgan fingerprint density at radius 2 is 2.20 bits per heavy atom. The highest BCUT2D eigenvalue weighted by Crippen LogP contribution is 2.50. The van der Waals surface area contributed by atoms with E-state index in [-0.39, 0.29) is 10.8 Å². The summed E-state index contributed by atoms with van der Waals surface area (Å²) in [6.45, 7) is 9.20. The molecule has 114 valence electrons. The van der Waals surface area contributed by atoms with Gasteiger partial charge in [-0.15, -0.1) is 0 Å². The van der Waals surface area contributed by atoms with E-state index in [9.17, 15) is 5.11 Å². The van der Waals surface area contributed by atoms with Crippen LogP contribution in [0.1, 0.15) is 64.3 Å². The van der Waals surface area contributed by atoms with E-state index in [0.717, 1.165) is 30.5 Å². The Hall–Kier alpha value is -0.870. The first-order valence-corrected chi connectivity index (χ1v) is 7.62. The summed E-state index contributed by atoms with van der Waals surface area (Å²) in [5, 5.41) is 15.6. The molecule has 1 aliphatic carbocycles. The second kappa shape index (κ2) is 5.15. The Bertz CT molecular complexity index is 475. The van der Waals surface area contributed by atoms with Crippen molar-refractivity contribution in [3.05, 3.63) is 17.5 Å². The quantitative estimate of drug-likeness (QED) is 0.893. The fraction of sp³-hybridized carbons (Fsp3) is 0.812. The molecule has 0 bridgehead atoms. The largest absolute Gasteiger partial charge is 0.388 e. The van der Waals surface area contributed by atoms with E-state index in [2.05, 4.69) is 32.8 Å². The number of nitrogens with zero attached hydrogens (tertiary/aromatic N) is 2. The molecule has 1 saturated carbocycles. The molecular formula is C16H29N3O. The van der Waals surface area contributed by atoms with Crippen LogP contribution >= 0.6 is 0 Å². The third kappa shape index (κ3) is 2.63. The number of nitrogens with two attached hydrogens (primary N) is 1. The highest BCUT2D eigenvalue weighted by molar-refractivity contribution is 5.28. The topological polar surface area (TPSA) is 64.1 Å². The molecule has 4 nitrogen and oxygen atoms in total.